The van der Waals surface area contributed by atoms with Crippen molar-refractivity contribution in [2.45, 2.75) is 111 Å². The summed E-state index contributed by atoms with van der Waals surface area (Å²) in [6.45, 7) is 8.27. The van der Waals surface area contributed by atoms with E-state index in [0.717, 1.165) is 5.71 Å². The maximum atomic E-state index is 12.6. The van der Waals surface area contributed by atoms with Gasteiger partial charge in [0.05, 0.1) is 25.9 Å². The number of nitrogens with zero attached hydrogens (tertiary/aromatic N) is 3. The number of benzene rings is 3. The third kappa shape index (κ3) is 12.5. The summed E-state index contributed by atoms with van der Waals surface area (Å²) in [5.74, 6) is -1.39. The molecule has 2 aliphatic heterocycles. The maximum Gasteiger partial charge on any atom is 0.333 e. The number of allylic oxidation sites excluding steroid dienone is 7. The average molecular weight is 1100 g/mol. The van der Waals surface area contributed by atoms with E-state index >= 15 is 0 Å². The Bertz CT molecular complexity index is 3480. The van der Waals surface area contributed by atoms with Crippen molar-refractivity contribution in [3.8, 4) is 17.5 Å². The number of hydrogen-bond donors (Lipinski definition) is 6. The van der Waals surface area contributed by atoms with Crippen molar-refractivity contribution in [1.29, 1.82) is 0 Å². The molecule has 0 radical (unpaired) electrons. The number of fused-ring (bicyclic) bond motifs is 2. The lowest BCUT2D eigenvalue weighted by molar-refractivity contribution is -0.438. The molecule has 3 heterocycles. The number of aromatic hydroxyl groups is 2. The fourth-order valence-electron chi connectivity index (χ4n) is 9.53. The Morgan fingerprint density at radius 1 is 0.676 bits per heavy atom. The van der Waals surface area contributed by atoms with Gasteiger partial charge in [-0.3, -0.25) is 18.2 Å². The topological polar surface area (TPSA) is 305 Å². The standard InChI is InChI=1S/C50H57N3O17S4/c1-49(2)39-31-37(73(63,64)65)20-22-41(39)51(28-7-5-6-13-47(56)70-53-45(54)26-27-46(53)55)43(49)24-14-33-11-10-12-34(48(33)69-35-16-18-36(19-17-35)72(60,61)62)15-25-44-50(3,4)40-32-38(74(66,67)68)21-23-42(40)52(44)29-8-9-30-71(57,58)59/h14-27,31-32H,5-13,28-30H2,1-4H3,(H5-,54,55,57,58,59,60,61,62,63,64,65,66,67,68)/p+1. The van der Waals surface area contributed by atoms with E-state index in [-0.39, 0.29) is 39.8 Å². The largest absolute Gasteiger partial charge is 0.492 e. The van der Waals surface area contributed by atoms with Gasteiger partial charge in [-0.1, -0.05) is 19.9 Å². The van der Waals surface area contributed by atoms with Crippen LogP contribution in [0, 0.1) is 0 Å². The van der Waals surface area contributed by atoms with Crippen LogP contribution in [-0.2, 0) is 56.1 Å². The Kier molecular flexibility index (Phi) is 16.0. The highest BCUT2D eigenvalue weighted by atomic mass is 32.2. The van der Waals surface area contributed by atoms with Crippen molar-refractivity contribution < 1.29 is 81.0 Å². The van der Waals surface area contributed by atoms with Gasteiger partial charge in [0.25, 0.3) is 40.5 Å². The van der Waals surface area contributed by atoms with Crippen molar-refractivity contribution in [1.82, 2.24) is 4.73 Å². The molecule has 0 spiro atoms. The van der Waals surface area contributed by atoms with Gasteiger partial charge >= 0.3 is 5.97 Å². The second-order valence-electron chi connectivity index (χ2n) is 19.2. The Hall–Kier alpha value is -6.12. The summed E-state index contributed by atoms with van der Waals surface area (Å²) in [6, 6.07) is 16.1. The van der Waals surface area contributed by atoms with Crippen LogP contribution in [-0.4, -0.2) is 102 Å². The predicted molar refractivity (Wildman–Crippen MR) is 272 cm³/mol. The quantitative estimate of drug-likeness (QED) is 0.0282. The normalized spacial score (nSPS) is 17.9. The molecular weight excluding hydrogens is 1040 g/mol. The van der Waals surface area contributed by atoms with E-state index < -0.39 is 74.8 Å². The van der Waals surface area contributed by atoms with Crippen molar-refractivity contribution in [2.24, 2.45) is 0 Å². The lowest BCUT2D eigenvalue weighted by Gasteiger charge is -2.27. The van der Waals surface area contributed by atoms with Crippen LogP contribution in [0.2, 0.25) is 0 Å². The molecule has 0 atom stereocenters. The summed E-state index contributed by atoms with van der Waals surface area (Å²) < 4.78 is 145. The predicted octanol–water partition coefficient (Wildman–Crippen LogP) is 7.58. The molecule has 4 aromatic rings. The number of unbranched alkanes of at least 4 members (excludes halogenated alkanes) is 3. The number of anilines is 1. The van der Waals surface area contributed by atoms with Crippen LogP contribution >= 0.6 is 0 Å². The van der Waals surface area contributed by atoms with Crippen molar-refractivity contribution >= 4 is 63.5 Å². The first kappa shape index (κ1) is 55.6. The fourth-order valence-corrected chi connectivity index (χ4v) is 11.6. The minimum absolute atomic E-state index is 0.0240. The fraction of sp³-hybridized carbons (Fsp3) is 0.360. The zero-order valence-electron chi connectivity index (χ0n) is 40.9. The van der Waals surface area contributed by atoms with E-state index in [9.17, 15) is 66.9 Å². The van der Waals surface area contributed by atoms with E-state index in [1.165, 1.54) is 60.7 Å². The number of carbonyl (C=O) groups is 1. The highest BCUT2D eigenvalue weighted by Crippen LogP contribution is 2.49. The SMILES string of the molecule is CC1(C)C(/C=C/C2=C(Oc3ccc(S(=O)(=O)O)cc3)C(=C\C=C3\N(CCCCS(=O)(=O)O)c4ccc(S(=O)(=O)O)cc4C3(C)C)/CCC2)=[N+](CCCCCC(=O)On2c(O)ccc2O)c2ccc(S(=O)(=O)O)cc21. The van der Waals surface area contributed by atoms with E-state index in [2.05, 4.69) is 0 Å². The van der Waals surface area contributed by atoms with Gasteiger partial charge in [-0.25, -0.2) is 4.79 Å². The molecule has 24 heteroatoms. The number of aromatic nitrogens is 1. The molecule has 0 unspecified atom stereocenters. The van der Waals surface area contributed by atoms with Gasteiger partial charge in [-0.15, -0.1) is 4.73 Å². The Morgan fingerprint density at radius 3 is 1.91 bits per heavy atom. The van der Waals surface area contributed by atoms with Crippen LogP contribution in [0.3, 0.4) is 0 Å². The molecule has 3 aromatic carbocycles. The van der Waals surface area contributed by atoms with Gasteiger partial charge in [0.15, 0.2) is 5.71 Å². The first-order valence-electron chi connectivity index (χ1n) is 23.5. The molecule has 0 fully saturated rings. The summed E-state index contributed by atoms with van der Waals surface area (Å²) in [6.07, 6.45) is 11.0. The van der Waals surface area contributed by atoms with E-state index in [1.54, 1.807) is 12.1 Å². The first-order valence-corrected chi connectivity index (χ1v) is 29.4. The molecule has 7 rings (SSSR count). The smallest absolute Gasteiger partial charge is 0.333 e. The van der Waals surface area contributed by atoms with Crippen LogP contribution in [0.4, 0.5) is 11.4 Å². The molecule has 0 saturated carbocycles. The third-order valence-corrected chi connectivity index (χ3v) is 16.7. The maximum absolute atomic E-state index is 12.6. The van der Waals surface area contributed by atoms with E-state index in [4.69, 9.17) is 9.57 Å². The van der Waals surface area contributed by atoms with E-state index in [0.29, 0.717) is 101 Å². The molecule has 3 aliphatic rings. The van der Waals surface area contributed by atoms with Crippen molar-refractivity contribution in [3.05, 3.63) is 131 Å². The lowest BCUT2D eigenvalue weighted by Crippen LogP contribution is -2.28. The van der Waals surface area contributed by atoms with Gasteiger partial charge in [0.1, 0.15) is 18.1 Å². The molecule has 0 saturated heterocycles. The lowest BCUT2D eigenvalue weighted by atomic mass is 9.81. The van der Waals surface area contributed by atoms with Gasteiger partial charge < -0.3 is 24.7 Å². The molecule has 1 aromatic heterocycles. The summed E-state index contributed by atoms with van der Waals surface area (Å²) in [7, 11) is -17.9. The zero-order chi connectivity index (χ0) is 54.2. The zero-order valence-corrected chi connectivity index (χ0v) is 44.1. The highest BCUT2D eigenvalue weighted by Gasteiger charge is 2.45. The molecule has 0 amide bonds. The Morgan fingerprint density at radius 2 is 1.28 bits per heavy atom. The number of rotatable bonds is 20. The minimum Gasteiger partial charge on any atom is -0.492 e. The number of hydrogen-bond acceptors (Lipinski definition) is 14. The second-order valence-corrected chi connectivity index (χ2v) is 25.0. The van der Waals surface area contributed by atoms with Crippen LogP contribution < -0.4 is 14.5 Å². The molecule has 6 N–H and O–H groups in total. The third-order valence-electron chi connectivity index (χ3n) is 13.3. The molecule has 398 valence electrons. The van der Waals surface area contributed by atoms with Crippen LogP contribution in [0.5, 0.6) is 17.5 Å². The molecule has 0 bridgehead atoms. The summed E-state index contributed by atoms with van der Waals surface area (Å²) in [5, 5.41) is 19.7. The number of carbonyl (C=O) groups excluding carboxylic acids is 1. The average Bonchev–Trinajstić information content (AvgIpc) is 3.82. The van der Waals surface area contributed by atoms with Gasteiger partial charge in [0, 0.05) is 66.0 Å². The van der Waals surface area contributed by atoms with Crippen LogP contribution in [0.15, 0.2) is 134 Å². The monoisotopic (exact) mass is 1100 g/mol. The van der Waals surface area contributed by atoms with Crippen molar-refractivity contribution in [2.75, 3.05) is 23.7 Å². The van der Waals surface area contributed by atoms with E-state index in [1.807, 2.05) is 61.5 Å². The Labute approximate surface area is 430 Å². The number of ether oxygens (including phenoxy) is 1. The molecule has 20 nitrogen and oxygen atoms in total. The Balaban J connectivity index is 1.28. The van der Waals surface area contributed by atoms with Gasteiger partial charge in [-0.2, -0.15) is 38.2 Å². The molecular formula is C50H58N3O17S4+. The molecule has 1 aliphatic carbocycles. The molecule has 74 heavy (non-hydrogen) atoms. The van der Waals surface area contributed by atoms with Crippen molar-refractivity contribution in [3.63, 3.8) is 0 Å². The van der Waals surface area contributed by atoms with Crippen LogP contribution in [0.1, 0.15) is 96.6 Å². The van der Waals surface area contributed by atoms with Gasteiger partial charge in [-0.05, 0) is 142 Å². The van der Waals surface area contributed by atoms with Crippen LogP contribution in [0.25, 0.3) is 0 Å². The summed E-state index contributed by atoms with van der Waals surface area (Å²) >= 11 is 0. The first-order chi connectivity index (χ1) is 34.5. The summed E-state index contributed by atoms with van der Waals surface area (Å²) in [5.41, 5.74) is 3.65. The minimum atomic E-state index is -4.58. The second kappa shape index (κ2) is 21.2. The highest BCUT2D eigenvalue weighted by molar-refractivity contribution is 7.86. The van der Waals surface area contributed by atoms with Gasteiger partial charge in [0.2, 0.25) is 17.4 Å². The summed E-state index contributed by atoms with van der Waals surface area (Å²) in [4.78, 5) is 18.6.